The number of methoxy groups -OCH3 is 2. The largest absolute Gasteiger partial charge is 0.624 e. The van der Waals surface area contributed by atoms with Crippen molar-refractivity contribution in [3.63, 3.8) is 0 Å². The van der Waals surface area contributed by atoms with E-state index in [9.17, 15) is 15.1 Å². The number of aromatic nitrogens is 2. The molecule has 0 fully saturated rings. The number of nitrogens with zero attached hydrogens (tertiary/aromatic N) is 3. The average Bonchev–Trinajstić information content (AvgIpc) is 2.60. The summed E-state index contributed by atoms with van der Waals surface area (Å²) in [7, 11) is 4.11. The molecular weight excluding hydrogens is 330 g/mol. The zero-order valence-corrected chi connectivity index (χ0v) is 14.1. The van der Waals surface area contributed by atoms with E-state index in [1.807, 2.05) is 0 Å². The third kappa shape index (κ3) is 3.94. The minimum atomic E-state index is -1.25. The molecular formula is C16H17N3O6. The summed E-state index contributed by atoms with van der Waals surface area (Å²) >= 11 is 0. The zero-order chi connectivity index (χ0) is 18.6. The molecule has 2 rings (SSSR count). The van der Waals surface area contributed by atoms with E-state index in [0.29, 0.717) is 4.74 Å². The topological polar surface area (TPSA) is 117 Å². The summed E-state index contributed by atoms with van der Waals surface area (Å²) in [4.78, 5) is 19.7. The van der Waals surface area contributed by atoms with Crippen molar-refractivity contribution in [1.29, 1.82) is 0 Å². The number of benzene rings is 1. The molecule has 0 aliphatic rings. The summed E-state index contributed by atoms with van der Waals surface area (Å²) in [5.74, 6) is -0.878. The first-order chi connectivity index (χ1) is 11.9. The highest BCUT2D eigenvalue weighted by Gasteiger charge is 2.22. The lowest BCUT2D eigenvalue weighted by molar-refractivity contribution is -0.422. The van der Waals surface area contributed by atoms with Gasteiger partial charge in [-0.15, -0.1) is 0 Å². The number of rotatable bonds is 6. The van der Waals surface area contributed by atoms with Crippen LogP contribution in [0.15, 0.2) is 24.3 Å². The third-order valence-electron chi connectivity index (χ3n) is 3.38. The molecule has 1 heterocycles. The van der Waals surface area contributed by atoms with E-state index in [4.69, 9.17) is 14.2 Å². The lowest BCUT2D eigenvalue weighted by atomic mass is 10.0. The van der Waals surface area contributed by atoms with E-state index in [-0.39, 0.29) is 40.4 Å². The second-order valence-corrected chi connectivity index (χ2v) is 4.90. The summed E-state index contributed by atoms with van der Waals surface area (Å²) in [6, 6.07) is 5.84. The monoisotopic (exact) mass is 347 g/mol. The highest BCUT2D eigenvalue weighted by Crippen LogP contribution is 2.29. The number of ether oxygens (including phenoxy) is 3. The van der Waals surface area contributed by atoms with Crippen LogP contribution in [0.5, 0.6) is 23.5 Å². The van der Waals surface area contributed by atoms with Gasteiger partial charge in [0.15, 0.2) is 5.71 Å². The van der Waals surface area contributed by atoms with E-state index in [1.165, 1.54) is 46.4 Å². The molecule has 0 unspecified atom stereocenters. The molecule has 0 spiro atoms. The SMILES string of the molecule is COc1cc(OC)nc(Oc2cccc(C(C)=[N+](C)[O-])c2C(=O)O)n1. The summed E-state index contributed by atoms with van der Waals surface area (Å²) < 4.78 is 16.2. The number of hydrogen-bond donors (Lipinski definition) is 1. The van der Waals surface area contributed by atoms with Gasteiger partial charge in [0, 0.05) is 6.92 Å². The second-order valence-electron chi connectivity index (χ2n) is 4.90. The number of aromatic carboxylic acids is 1. The predicted molar refractivity (Wildman–Crippen MR) is 87.9 cm³/mol. The molecule has 0 bridgehead atoms. The van der Waals surface area contributed by atoms with Gasteiger partial charge in [0.2, 0.25) is 11.8 Å². The number of carboxylic acid groups (broad SMARTS) is 1. The van der Waals surface area contributed by atoms with Crippen LogP contribution in [0.3, 0.4) is 0 Å². The van der Waals surface area contributed by atoms with Crippen LogP contribution in [0, 0.1) is 5.21 Å². The molecule has 0 amide bonds. The van der Waals surface area contributed by atoms with Gasteiger partial charge in [0.1, 0.15) is 18.4 Å². The maximum atomic E-state index is 11.7. The van der Waals surface area contributed by atoms with Crippen LogP contribution in [-0.4, -0.2) is 52.8 Å². The average molecular weight is 347 g/mol. The summed E-state index contributed by atoms with van der Waals surface area (Å²) in [5, 5.41) is 21.1. The van der Waals surface area contributed by atoms with Gasteiger partial charge in [0.25, 0.3) is 0 Å². The molecule has 0 saturated carbocycles. The molecule has 0 atom stereocenters. The normalized spacial score (nSPS) is 11.5. The van der Waals surface area contributed by atoms with Gasteiger partial charge in [-0.1, -0.05) is 6.07 Å². The molecule has 9 heteroatoms. The van der Waals surface area contributed by atoms with Crippen molar-refractivity contribution in [2.24, 2.45) is 0 Å². The van der Waals surface area contributed by atoms with Crippen molar-refractivity contribution in [1.82, 2.24) is 9.97 Å². The zero-order valence-electron chi connectivity index (χ0n) is 14.1. The van der Waals surface area contributed by atoms with Crippen LogP contribution < -0.4 is 14.2 Å². The van der Waals surface area contributed by atoms with Crippen molar-refractivity contribution in [2.75, 3.05) is 21.3 Å². The Morgan fingerprint density at radius 1 is 1.20 bits per heavy atom. The molecule has 0 saturated heterocycles. The highest BCUT2D eigenvalue weighted by molar-refractivity contribution is 6.06. The first kappa shape index (κ1) is 18.0. The van der Waals surface area contributed by atoms with Crippen LogP contribution in [0.2, 0.25) is 0 Å². The van der Waals surface area contributed by atoms with Crippen LogP contribution >= 0.6 is 0 Å². The number of carbonyl (C=O) groups is 1. The summed E-state index contributed by atoms with van der Waals surface area (Å²) in [5.41, 5.74) is 0.289. The Balaban J connectivity index is 2.56. The molecule has 1 N–H and O–H groups in total. The third-order valence-corrected chi connectivity index (χ3v) is 3.38. The Bertz CT molecular complexity index is 808. The van der Waals surface area contributed by atoms with Gasteiger partial charge in [-0.2, -0.15) is 9.97 Å². The maximum Gasteiger partial charge on any atom is 0.340 e. The van der Waals surface area contributed by atoms with E-state index in [0.717, 1.165) is 0 Å². The molecule has 0 aliphatic carbocycles. The Morgan fingerprint density at radius 2 is 1.80 bits per heavy atom. The molecule has 0 aliphatic heterocycles. The Hall–Kier alpha value is -3.36. The van der Waals surface area contributed by atoms with Crippen molar-refractivity contribution in [3.05, 3.63) is 40.6 Å². The molecule has 1 aromatic carbocycles. The van der Waals surface area contributed by atoms with Crippen LogP contribution in [0.4, 0.5) is 0 Å². The van der Waals surface area contributed by atoms with Gasteiger partial charge in [-0.05, 0) is 12.1 Å². The van der Waals surface area contributed by atoms with Gasteiger partial charge in [-0.25, -0.2) is 9.53 Å². The fourth-order valence-electron chi connectivity index (χ4n) is 2.04. The van der Waals surface area contributed by atoms with Crippen LogP contribution in [0.25, 0.3) is 0 Å². The van der Waals surface area contributed by atoms with Gasteiger partial charge in [0.05, 0.1) is 25.8 Å². The second kappa shape index (κ2) is 7.47. The molecule has 132 valence electrons. The fraction of sp³-hybridized carbons (Fsp3) is 0.250. The Labute approximate surface area is 143 Å². The Kier molecular flexibility index (Phi) is 5.38. The number of hydroxylamine groups is 1. The Morgan fingerprint density at radius 3 is 2.28 bits per heavy atom. The van der Waals surface area contributed by atoms with E-state index < -0.39 is 5.97 Å². The van der Waals surface area contributed by atoms with Crippen LogP contribution in [0.1, 0.15) is 22.8 Å². The van der Waals surface area contributed by atoms with E-state index in [1.54, 1.807) is 6.07 Å². The number of hydrogen-bond acceptors (Lipinski definition) is 7. The van der Waals surface area contributed by atoms with Crippen molar-refractivity contribution in [2.45, 2.75) is 6.92 Å². The fourth-order valence-corrected chi connectivity index (χ4v) is 2.04. The highest BCUT2D eigenvalue weighted by atomic mass is 16.5. The van der Waals surface area contributed by atoms with E-state index >= 15 is 0 Å². The van der Waals surface area contributed by atoms with Gasteiger partial charge >= 0.3 is 12.0 Å². The molecule has 25 heavy (non-hydrogen) atoms. The minimum Gasteiger partial charge on any atom is -0.624 e. The predicted octanol–water partition coefficient (Wildman–Crippen LogP) is 1.93. The molecule has 9 nitrogen and oxygen atoms in total. The minimum absolute atomic E-state index is 0.0125. The lowest BCUT2D eigenvalue weighted by Gasteiger charge is -2.12. The van der Waals surface area contributed by atoms with Gasteiger partial charge < -0.3 is 24.5 Å². The standard InChI is InChI=1S/C16H17N3O6/c1-9(19(2)22)10-6-5-7-11(14(10)15(20)21)25-16-17-12(23-3)8-13(18-16)24-4/h5-8H,1-4H3,(H,20,21). The maximum absolute atomic E-state index is 11.7. The molecule has 1 aromatic heterocycles. The van der Waals surface area contributed by atoms with E-state index in [2.05, 4.69) is 9.97 Å². The van der Waals surface area contributed by atoms with Crippen molar-refractivity contribution >= 4 is 11.7 Å². The quantitative estimate of drug-likeness (QED) is 0.365. The summed E-state index contributed by atoms with van der Waals surface area (Å²) in [6.45, 7) is 1.52. The lowest BCUT2D eigenvalue weighted by Crippen LogP contribution is -2.15. The van der Waals surface area contributed by atoms with Crippen molar-refractivity contribution < 1.29 is 28.9 Å². The smallest absolute Gasteiger partial charge is 0.340 e. The summed E-state index contributed by atoms with van der Waals surface area (Å²) in [6.07, 6.45) is 0. The number of carboxylic acids is 1. The molecule has 0 radical (unpaired) electrons. The first-order valence-electron chi connectivity index (χ1n) is 7.13. The van der Waals surface area contributed by atoms with Crippen molar-refractivity contribution in [3.8, 4) is 23.5 Å². The van der Waals surface area contributed by atoms with Crippen LogP contribution in [-0.2, 0) is 0 Å². The van der Waals surface area contributed by atoms with Gasteiger partial charge in [-0.3, -0.25) is 0 Å². The first-order valence-corrected chi connectivity index (χ1v) is 7.13. The molecule has 2 aromatic rings.